The number of aromatic nitrogens is 1. The van der Waals surface area contributed by atoms with Crippen LogP contribution in [0.1, 0.15) is 62.6 Å². The lowest BCUT2D eigenvalue weighted by atomic mass is 9.75. The zero-order valence-electron chi connectivity index (χ0n) is 11.8. The van der Waals surface area contributed by atoms with Gasteiger partial charge in [0.25, 0.3) is 0 Å². The van der Waals surface area contributed by atoms with Gasteiger partial charge in [-0.15, -0.1) is 11.3 Å². The summed E-state index contributed by atoms with van der Waals surface area (Å²) in [5, 5.41) is 3.38. The number of hydrogen-bond donors (Lipinski definition) is 1. The van der Waals surface area contributed by atoms with Crippen molar-refractivity contribution in [3.05, 3.63) is 16.1 Å². The number of hydrogen-bond acceptors (Lipinski definition) is 4. The average molecular weight is 280 g/mol. The summed E-state index contributed by atoms with van der Waals surface area (Å²) in [6.07, 6.45) is 9.28. The lowest BCUT2D eigenvalue weighted by Gasteiger charge is -2.37. The summed E-state index contributed by atoms with van der Waals surface area (Å²) < 4.78 is 6.08. The van der Waals surface area contributed by atoms with E-state index in [1.807, 2.05) is 0 Å². The van der Waals surface area contributed by atoms with E-state index in [4.69, 9.17) is 15.5 Å². The molecule has 1 heterocycles. The van der Waals surface area contributed by atoms with E-state index in [-0.39, 0.29) is 11.1 Å². The van der Waals surface area contributed by atoms with Gasteiger partial charge in [0.2, 0.25) is 0 Å². The summed E-state index contributed by atoms with van der Waals surface area (Å²) in [6, 6.07) is 0. The van der Waals surface area contributed by atoms with Crippen LogP contribution in [0.25, 0.3) is 0 Å². The maximum atomic E-state index is 6.32. The van der Waals surface area contributed by atoms with Crippen molar-refractivity contribution >= 4 is 11.3 Å². The second-order valence-electron chi connectivity index (χ2n) is 6.17. The minimum Gasteiger partial charge on any atom is -0.368 e. The van der Waals surface area contributed by atoms with Crippen LogP contribution in [0.2, 0.25) is 0 Å². The normalized spacial score (nSPS) is 24.3. The van der Waals surface area contributed by atoms with Gasteiger partial charge in [0.15, 0.2) is 0 Å². The van der Waals surface area contributed by atoms with Gasteiger partial charge in [-0.1, -0.05) is 12.8 Å². The Morgan fingerprint density at radius 3 is 2.58 bits per heavy atom. The molecule has 3 rings (SSSR count). The van der Waals surface area contributed by atoms with Crippen LogP contribution in [0.5, 0.6) is 0 Å². The molecule has 0 bridgehead atoms. The number of ether oxygens (including phenoxy) is 1. The van der Waals surface area contributed by atoms with Gasteiger partial charge in [-0.25, -0.2) is 4.98 Å². The van der Waals surface area contributed by atoms with E-state index in [0.717, 1.165) is 38.7 Å². The van der Waals surface area contributed by atoms with Gasteiger partial charge in [-0.2, -0.15) is 0 Å². The van der Waals surface area contributed by atoms with Crippen molar-refractivity contribution in [1.82, 2.24) is 4.98 Å². The third-order valence-corrected chi connectivity index (χ3v) is 5.73. The summed E-state index contributed by atoms with van der Waals surface area (Å²) in [4.78, 5) is 4.86. The molecule has 4 heteroatoms. The van der Waals surface area contributed by atoms with Gasteiger partial charge >= 0.3 is 0 Å². The van der Waals surface area contributed by atoms with Crippen molar-refractivity contribution in [3.8, 4) is 0 Å². The highest BCUT2D eigenvalue weighted by Crippen LogP contribution is 2.43. The number of nitrogens with zero attached hydrogens (tertiary/aromatic N) is 1. The largest absolute Gasteiger partial charge is 0.368 e. The van der Waals surface area contributed by atoms with Crippen LogP contribution in [0.3, 0.4) is 0 Å². The Morgan fingerprint density at radius 1 is 1.26 bits per heavy atom. The minimum atomic E-state index is -0.0843. The van der Waals surface area contributed by atoms with Gasteiger partial charge in [0, 0.05) is 23.9 Å². The smallest absolute Gasteiger partial charge is 0.125 e. The second-order valence-corrected chi connectivity index (χ2v) is 7.03. The maximum Gasteiger partial charge on any atom is 0.125 e. The van der Waals surface area contributed by atoms with E-state index in [1.165, 1.54) is 30.0 Å². The molecule has 2 aliphatic rings. The van der Waals surface area contributed by atoms with Gasteiger partial charge < -0.3 is 10.5 Å². The molecule has 1 aromatic rings. The molecule has 1 aromatic heterocycles. The summed E-state index contributed by atoms with van der Waals surface area (Å²) in [7, 11) is 0. The molecule has 0 aromatic carbocycles. The van der Waals surface area contributed by atoms with Gasteiger partial charge in [-0.3, -0.25) is 0 Å². The van der Waals surface area contributed by atoms with Crippen LogP contribution in [0, 0.1) is 0 Å². The quantitative estimate of drug-likeness (QED) is 0.899. The number of nitrogens with two attached hydrogens (primary N) is 1. The lowest BCUT2D eigenvalue weighted by Crippen LogP contribution is -2.48. The first-order valence-corrected chi connectivity index (χ1v) is 8.42. The molecular weight excluding hydrogens is 256 g/mol. The third-order valence-electron chi connectivity index (χ3n) is 4.66. The Balaban J connectivity index is 1.75. The molecule has 0 spiro atoms. The molecule has 2 aliphatic carbocycles. The first kappa shape index (κ1) is 13.5. The highest BCUT2D eigenvalue weighted by atomic mass is 32.1. The van der Waals surface area contributed by atoms with Crippen molar-refractivity contribution in [2.45, 2.75) is 69.4 Å². The van der Waals surface area contributed by atoms with Gasteiger partial charge in [-0.05, 0) is 39.0 Å². The van der Waals surface area contributed by atoms with Gasteiger partial charge in [0.1, 0.15) is 10.6 Å². The van der Waals surface area contributed by atoms with Crippen LogP contribution in [-0.2, 0) is 16.8 Å². The summed E-state index contributed by atoms with van der Waals surface area (Å²) in [5.74, 6) is 0. The molecule has 2 saturated carbocycles. The molecule has 0 saturated heterocycles. The Kier molecular flexibility index (Phi) is 3.67. The highest BCUT2D eigenvalue weighted by molar-refractivity contribution is 7.09. The summed E-state index contributed by atoms with van der Waals surface area (Å²) >= 11 is 1.77. The van der Waals surface area contributed by atoms with Crippen LogP contribution in [0.4, 0.5) is 0 Å². The highest BCUT2D eigenvalue weighted by Gasteiger charge is 2.40. The molecule has 0 radical (unpaired) electrons. The molecule has 19 heavy (non-hydrogen) atoms. The minimum absolute atomic E-state index is 0.0276. The fraction of sp³-hybridized carbons (Fsp3) is 0.800. The van der Waals surface area contributed by atoms with Crippen molar-refractivity contribution in [1.29, 1.82) is 0 Å². The van der Waals surface area contributed by atoms with E-state index in [1.54, 1.807) is 11.3 Å². The van der Waals surface area contributed by atoms with Crippen molar-refractivity contribution in [2.24, 2.45) is 5.73 Å². The van der Waals surface area contributed by atoms with Crippen molar-refractivity contribution in [3.63, 3.8) is 0 Å². The Bertz CT molecular complexity index is 433. The van der Waals surface area contributed by atoms with Crippen LogP contribution < -0.4 is 5.73 Å². The second kappa shape index (κ2) is 5.15. The molecule has 0 amide bonds. The lowest BCUT2D eigenvalue weighted by molar-refractivity contribution is -0.0392. The molecule has 3 nitrogen and oxygen atoms in total. The molecule has 0 atom stereocenters. The van der Waals surface area contributed by atoms with Crippen LogP contribution >= 0.6 is 11.3 Å². The van der Waals surface area contributed by atoms with E-state index in [0.29, 0.717) is 0 Å². The monoisotopic (exact) mass is 280 g/mol. The number of rotatable bonds is 5. The van der Waals surface area contributed by atoms with Crippen molar-refractivity contribution in [2.75, 3.05) is 6.61 Å². The molecule has 2 N–H and O–H groups in total. The third kappa shape index (κ3) is 2.58. The topological polar surface area (TPSA) is 48.1 Å². The predicted molar refractivity (Wildman–Crippen MR) is 78.4 cm³/mol. The fourth-order valence-corrected chi connectivity index (χ4v) is 4.44. The standard InChI is InChI=1S/C15H24N2OS/c1-2-18-15(8-3-4-9-15)13-17-12(11-19-13)10-14(16)6-5-7-14/h11H,2-10,16H2,1H3. The van der Waals surface area contributed by atoms with Gasteiger partial charge in [0.05, 0.1) is 5.69 Å². The van der Waals surface area contributed by atoms with E-state index >= 15 is 0 Å². The number of thiazole rings is 1. The Morgan fingerprint density at radius 2 is 2.00 bits per heavy atom. The van der Waals surface area contributed by atoms with E-state index < -0.39 is 0 Å². The predicted octanol–water partition coefficient (Wildman–Crippen LogP) is 3.37. The molecule has 0 unspecified atom stereocenters. The van der Waals surface area contributed by atoms with Crippen molar-refractivity contribution < 1.29 is 4.74 Å². The first-order valence-electron chi connectivity index (χ1n) is 7.54. The molecule has 2 fully saturated rings. The summed E-state index contributed by atoms with van der Waals surface area (Å²) in [6.45, 7) is 2.85. The van der Waals surface area contributed by atoms with E-state index in [2.05, 4.69) is 12.3 Å². The zero-order valence-corrected chi connectivity index (χ0v) is 12.6. The van der Waals surface area contributed by atoms with Crippen LogP contribution in [-0.4, -0.2) is 17.1 Å². The molecule has 0 aliphatic heterocycles. The Hall–Kier alpha value is -0.450. The summed E-state index contributed by atoms with van der Waals surface area (Å²) in [5.41, 5.74) is 7.44. The average Bonchev–Trinajstić information content (AvgIpc) is 2.97. The maximum absolute atomic E-state index is 6.32. The first-order chi connectivity index (χ1) is 9.16. The molecular formula is C15H24N2OS. The SMILES string of the molecule is CCOC1(c2nc(CC3(N)CCC3)cs2)CCCC1. The zero-order chi connectivity index (χ0) is 13.3. The van der Waals surface area contributed by atoms with Crippen LogP contribution in [0.15, 0.2) is 5.38 Å². The Labute approximate surface area is 119 Å². The fourth-order valence-electron chi connectivity index (χ4n) is 3.41. The van der Waals surface area contributed by atoms with E-state index in [9.17, 15) is 0 Å². The molecule has 106 valence electrons.